The van der Waals surface area contributed by atoms with Gasteiger partial charge in [-0.15, -0.1) is 0 Å². The molecule has 1 heterocycles. The van der Waals surface area contributed by atoms with Crippen LogP contribution >= 0.6 is 11.6 Å². The smallest absolute Gasteiger partial charge is 0.315 e. The largest absolute Gasteiger partial charge is 0.481 e. The van der Waals surface area contributed by atoms with Crippen LogP contribution in [0.25, 0.3) is 10.9 Å². The standard InChI is InChI=1S/C12H7ClN2O2/c13-12-9-5-4-8(2-1-3-11(16)17)6-10(9)14-7-15-12/h4-7H,3H2,(H,16,17). The van der Waals surface area contributed by atoms with Crippen molar-refractivity contribution in [2.75, 3.05) is 0 Å². The summed E-state index contributed by atoms with van der Waals surface area (Å²) in [6, 6.07) is 5.27. The highest BCUT2D eigenvalue weighted by Gasteiger charge is 2.00. The topological polar surface area (TPSA) is 63.1 Å². The third-order valence-electron chi connectivity index (χ3n) is 2.06. The Balaban J connectivity index is 2.37. The molecule has 1 aromatic carbocycles. The first-order valence-corrected chi connectivity index (χ1v) is 5.15. The van der Waals surface area contributed by atoms with E-state index in [0.29, 0.717) is 16.2 Å². The molecular weight excluding hydrogens is 240 g/mol. The average Bonchev–Trinajstić information content (AvgIpc) is 2.29. The lowest BCUT2D eigenvalue weighted by Gasteiger charge is -1.98. The van der Waals surface area contributed by atoms with Gasteiger partial charge in [0.05, 0.1) is 5.52 Å². The normalized spacial score (nSPS) is 9.71. The van der Waals surface area contributed by atoms with Crippen LogP contribution in [0.3, 0.4) is 0 Å². The summed E-state index contributed by atoms with van der Waals surface area (Å²) in [5.41, 5.74) is 1.39. The summed E-state index contributed by atoms with van der Waals surface area (Å²) in [5.74, 6) is 4.37. The average molecular weight is 247 g/mol. The highest BCUT2D eigenvalue weighted by Crippen LogP contribution is 2.19. The van der Waals surface area contributed by atoms with E-state index >= 15 is 0 Å². The Labute approximate surface area is 102 Å². The van der Waals surface area contributed by atoms with Crippen molar-refractivity contribution < 1.29 is 9.90 Å². The summed E-state index contributed by atoms with van der Waals surface area (Å²) in [6.45, 7) is 0. The second-order valence-electron chi connectivity index (χ2n) is 3.27. The van der Waals surface area contributed by atoms with Gasteiger partial charge in [0, 0.05) is 10.9 Å². The lowest BCUT2D eigenvalue weighted by atomic mass is 10.1. The Morgan fingerprint density at radius 1 is 1.41 bits per heavy atom. The fraction of sp³-hybridized carbons (Fsp3) is 0.0833. The molecule has 0 bridgehead atoms. The van der Waals surface area contributed by atoms with E-state index in [4.69, 9.17) is 16.7 Å². The molecule has 4 nitrogen and oxygen atoms in total. The second kappa shape index (κ2) is 4.81. The molecule has 0 aliphatic rings. The zero-order valence-corrected chi connectivity index (χ0v) is 9.40. The molecule has 5 heteroatoms. The van der Waals surface area contributed by atoms with Crippen LogP contribution in [-0.2, 0) is 4.79 Å². The van der Waals surface area contributed by atoms with Gasteiger partial charge in [-0.2, -0.15) is 0 Å². The molecule has 0 fully saturated rings. The number of benzene rings is 1. The van der Waals surface area contributed by atoms with Gasteiger partial charge in [0.15, 0.2) is 0 Å². The Hall–Kier alpha value is -2.12. The number of halogens is 1. The maximum Gasteiger partial charge on any atom is 0.315 e. The van der Waals surface area contributed by atoms with Crippen LogP contribution in [0.2, 0.25) is 5.15 Å². The number of nitrogens with zero attached hydrogens (tertiary/aromatic N) is 2. The zero-order chi connectivity index (χ0) is 12.3. The molecule has 1 aromatic heterocycles. The van der Waals surface area contributed by atoms with Crippen LogP contribution in [0.1, 0.15) is 12.0 Å². The number of carboxylic acid groups (broad SMARTS) is 1. The number of hydrogen-bond acceptors (Lipinski definition) is 3. The van der Waals surface area contributed by atoms with Crippen molar-refractivity contribution in [2.24, 2.45) is 0 Å². The number of carboxylic acids is 1. The molecule has 0 saturated heterocycles. The van der Waals surface area contributed by atoms with Gasteiger partial charge in [-0.3, -0.25) is 4.79 Å². The van der Waals surface area contributed by atoms with Gasteiger partial charge in [-0.1, -0.05) is 23.4 Å². The first-order chi connectivity index (χ1) is 8.16. The number of rotatable bonds is 1. The predicted molar refractivity (Wildman–Crippen MR) is 63.7 cm³/mol. The fourth-order valence-electron chi connectivity index (χ4n) is 1.32. The number of fused-ring (bicyclic) bond motifs is 1. The van der Waals surface area contributed by atoms with Crippen molar-refractivity contribution in [3.63, 3.8) is 0 Å². The van der Waals surface area contributed by atoms with Gasteiger partial charge >= 0.3 is 5.97 Å². The number of hydrogen-bond donors (Lipinski definition) is 1. The van der Waals surface area contributed by atoms with Crippen LogP contribution in [0, 0.1) is 11.8 Å². The monoisotopic (exact) mass is 246 g/mol. The van der Waals surface area contributed by atoms with E-state index in [1.165, 1.54) is 6.33 Å². The lowest BCUT2D eigenvalue weighted by Crippen LogP contribution is -1.90. The van der Waals surface area contributed by atoms with E-state index in [0.717, 1.165) is 5.39 Å². The maximum atomic E-state index is 10.3. The van der Waals surface area contributed by atoms with Gasteiger partial charge in [0.25, 0.3) is 0 Å². The Kier molecular flexibility index (Phi) is 3.22. The van der Waals surface area contributed by atoms with Gasteiger partial charge in [0.1, 0.15) is 17.9 Å². The molecule has 0 spiro atoms. The highest BCUT2D eigenvalue weighted by molar-refractivity contribution is 6.34. The molecule has 0 atom stereocenters. The van der Waals surface area contributed by atoms with E-state index in [2.05, 4.69) is 21.8 Å². The van der Waals surface area contributed by atoms with Crippen molar-refractivity contribution in [1.29, 1.82) is 0 Å². The maximum absolute atomic E-state index is 10.3. The molecule has 1 N–H and O–H groups in total. The molecule has 0 aliphatic carbocycles. The zero-order valence-electron chi connectivity index (χ0n) is 8.64. The molecule has 0 aliphatic heterocycles. The van der Waals surface area contributed by atoms with E-state index in [1.807, 2.05) is 0 Å². The third-order valence-corrected chi connectivity index (χ3v) is 2.36. The van der Waals surface area contributed by atoms with E-state index in [1.54, 1.807) is 18.2 Å². The van der Waals surface area contributed by atoms with Crippen molar-refractivity contribution in [2.45, 2.75) is 6.42 Å². The van der Waals surface area contributed by atoms with Gasteiger partial charge in [0.2, 0.25) is 0 Å². The Bertz CT molecular complexity index is 644. The SMILES string of the molecule is O=C(O)CC#Cc1ccc2c(Cl)ncnc2c1. The molecule has 2 rings (SSSR count). The number of aliphatic carboxylic acids is 1. The minimum atomic E-state index is -0.941. The minimum Gasteiger partial charge on any atom is -0.481 e. The highest BCUT2D eigenvalue weighted by atomic mass is 35.5. The Morgan fingerprint density at radius 2 is 2.24 bits per heavy atom. The first kappa shape index (κ1) is 11.4. The molecule has 0 unspecified atom stereocenters. The van der Waals surface area contributed by atoms with Crippen molar-refractivity contribution in [1.82, 2.24) is 9.97 Å². The summed E-state index contributed by atoms with van der Waals surface area (Å²) in [4.78, 5) is 18.2. The molecular formula is C12H7ClN2O2. The van der Waals surface area contributed by atoms with Crippen LogP contribution < -0.4 is 0 Å². The molecule has 17 heavy (non-hydrogen) atoms. The van der Waals surface area contributed by atoms with Crippen molar-refractivity contribution in [3.05, 3.63) is 35.2 Å². The van der Waals surface area contributed by atoms with E-state index < -0.39 is 5.97 Å². The van der Waals surface area contributed by atoms with Crippen molar-refractivity contribution >= 4 is 28.5 Å². The van der Waals surface area contributed by atoms with Crippen LogP contribution in [0.4, 0.5) is 0 Å². The molecule has 84 valence electrons. The van der Waals surface area contributed by atoms with Gasteiger partial charge < -0.3 is 5.11 Å². The quantitative estimate of drug-likeness (QED) is 0.618. The van der Waals surface area contributed by atoms with Gasteiger partial charge in [-0.05, 0) is 18.2 Å². The first-order valence-electron chi connectivity index (χ1n) is 4.78. The third kappa shape index (κ3) is 2.71. The summed E-state index contributed by atoms with van der Waals surface area (Å²) in [5, 5.41) is 9.60. The fourth-order valence-corrected chi connectivity index (χ4v) is 1.53. The summed E-state index contributed by atoms with van der Waals surface area (Å²) >= 11 is 5.89. The van der Waals surface area contributed by atoms with Gasteiger partial charge in [-0.25, -0.2) is 9.97 Å². The second-order valence-corrected chi connectivity index (χ2v) is 3.63. The van der Waals surface area contributed by atoms with Crippen molar-refractivity contribution in [3.8, 4) is 11.8 Å². The van der Waals surface area contributed by atoms with Crippen LogP contribution in [-0.4, -0.2) is 21.0 Å². The summed E-state index contributed by atoms with van der Waals surface area (Å²) in [6.07, 6.45) is 1.20. The van der Waals surface area contributed by atoms with E-state index in [9.17, 15) is 4.79 Å². The molecule has 0 saturated carbocycles. The summed E-state index contributed by atoms with van der Waals surface area (Å²) in [7, 11) is 0. The Morgan fingerprint density at radius 3 is 3.00 bits per heavy atom. The minimum absolute atomic E-state index is 0.178. The summed E-state index contributed by atoms with van der Waals surface area (Å²) < 4.78 is 0. The van der Waals surface area contributed by atoms with Crippen LogP contribution in [0.5, 0.6) is 0 Å². The number of aromatic nitrogens is 2. The molecule has 0 radical (unpaired) electrons. The predicted octanol–water partition coefficient (Wildman–Crippen LogP) is 2.11. The molecule has 2 aromatic rings. The van der Waals surface area contributed by atoms with Crippen LogP contribution in [0.15, 0.2) is 24.5 Å². The molecule has 0 amide bonds. The van der Waals surface area contributed by atoms with E-state index in [-0.39, 0.29) is 6.42 Å². The number of carbonyl (C=O) groups is 1. The lowest BCUT2D eigenvalue weighted by molar-refractivity contribution is -0.135.